The molecule has 1 rings (SSSR count). The summed E-state index contributed by atoms with van der Waals surface area (Å²) in [5.74, 6) is 0.204. The van der Waals surface area contributed by atoms with E-state index in [0.29, 0.717) is 0 Å². The summed E-state index contributed by atoms with van der Waals surface area (Å²) >= 11 is 0. The average molecular weight is 367 g/mol. The summed E-state index contributed by atoms with van der Waals surface area (Å²) in [5, 5.41) is 0. The Morgan fingerprint density at radius 2 is 1.42 bits per heavy atom. The molecule has 0 heterocycles. The maximum atomic E-state index is 12.7. The van der Waals surface area contributed by atoms with Crippen LogP contribution < -0.4 is 0 Å². The number of carbonyl (C=O) groups excluding carboxylic acids is 1. The van der Waals surface area contributed by atoms with Crippen LogP contribution in [0.25, 0.3) is 0 Å². The molecular weight excluding hydrogens is 341 g/mol. The molecule has 0 aromatic heterocycles. The summed E-state index contributed by atoms with van der Waals surface area (Å²) in [5.41, 5.74) is 0.372. The molecule has 0 amide bonds. The molecule has 0 unspecified atom stereocenters. The monoisotopic (exact) mass is 367 g/mol. The molecule has 0 bridgehead atoms. The van der Waals surface area contributed by atoms with Crippen LogP contribution in [-0.2, 0) is 10.9 Å². The van der Waals surface area contributed by atoms with E-state index in [1.807, 2.05) is 26.0 Å². The van der Waals surface area contributed by atoms with Gasteiger partial charge in [-0.05, 0) is 51.2 Å². The number of hydrogen-bond donors (Lipinski definition) is 0. The summed E-state index contributed by atoms with van der Waals surface area (Å²) in [6.07, 6.45) is 4.38. The Balaban J connectivity index is 0.000000922. The number of ketones is 1. The van der Waals surface area contributed by atoms with Crippen molar-refractivity contribution >= 4 is 23.9 Å². The third-order valence-corrected chi connectivity index (χ3v) is 4.91. The highest BCUT2D eigenvalue weighted by Gasteiger charge is 2.33. The maximum Gasteiger partial charge on any atom is 0.673 e. The highest BCUT2D eigenvalue weighted by molar-refractivity contribution is 7.95. The second-order valence-electron chi connectivity index (χ2n) is 5.90. The Hall–Kier alpha value is -1.02. The van der Waals surface area contributed by atoms with Crippen molar-refractivity contribution in [1.82, 2.24) is 4.90 Å². The van der Waals surface area contributed by atoms with Crippen molar-refractivity contribution in [2.75, 3.05) is 25.6 Å². The second kappa shape index (κ2) is 9.46. The van der Waals surface area contributed by atoms with Gasteiger partial charge in [0, 0.05) is 16.5 Å². The minimum atomic E-state index is -6.00. The molecule has 0 saturated heterocycles. The van der Waals surface area contributed by atoms with Crippen LogP contribution in [0.15, 0.2) is 29.2 Å². The number of nitrogens with zero attached hydrogens (tertiary/aromatic N) is 1. The molecule has 0 aliphatic rings. The van der Waals surface area contributed by atoms with Crippen LogP contribution in [0.4, 0.5) is 17.3 Å². The first-order valence-electron chi connectivity index (χ1n) is 7.69. The Morgan fingerprint density at radius 1 is 1.04 bits per heavy atom. The summed E-state index contributed by atoms with van der Waals surface area (Å²) in [4.78, 5) is 16.2. The van der Waals surface area contributed by atoms with E-state index in [1.165, 1.54) is 4.90 Å². The smallest absolute Gasteiger partial charge is 0.418 e. The number of hydrogen-bond acceptors (Lipinski definition) is 2. The van der Waals surface area contributed by atoms with Gasteiger partial charge in [0.25, 0.3) is 0 Å². The van der Waals surface area contributed by atoms with Gasteiger partial charge in [-0.2, -0.15) is 0 Å². The molecule has 24 heavy (non-hydrogen) atoms. The summed E-state index contributed by atoms with van der Waals surface area (Å²) in [6, 6.07) is 8.09. The minimum absolute atomic E-state index is 0.204. The van der Waals surface area contributed by atoms with Gasteiger partial charge in [0.15, 0.2) is 10.7 Å². The van der Waals surface area contributed by atoms with Crippen molar-refractivity contribution in [3.63, 3.8) is 0 Å². The summed E-state index contributed by atoms with van der Waals surface area (Å²) < 4.78 is 39.0. The Bertz CT molecular complexity index is 508. The van der Waals surface area contributed by atoms with E-state index in [9.17, 15) is 22.1 Å². The van der Waals surface area contributed by atoms with Crippen LogP contribution in [0.5, 0.6) is 0 Å². The van der Waals surface area contributed by atoms with Gasteiger partial charge in [-0.3, -0.25) is 9.69 Å². The van der Waals surface area contributed by atoms with E-state index in [1.54, 1.807) is 0 Å². The highest BCUT2D eigenvalue weighted by atomic mass is 32.2. The highest BCUT2D eigenvalue weighted by Crippen LogP contribution is 2.21. The standard InChI is InChI=1S/C16H26NOS.BF4/c1-7-17(8-2)16(3,4)15(18)13-9-11-14(12-10-13)19(5)6;2-1(3,4)5/h9-12H,7-8H2,1-6H3;/q+1;-1. The zero-order valence-corrected chi connectivity index (χ0v) is 15.9. The van der Waals surface area contributed by atoms with E-state index in [-0.39, 0.29) is 16.7 Å². The van der Waals surface area contributed by atoms with Crippen molar-refractivity contribution < 1.29 is 22.1 Å². The Labute approximate surface area is 145 Å². The predicted molar refractivity (Wildman–Crippen MR) is 95.4 cm³/mol. The summed E-state index contributed by atoms with van der Waals surface area (Å²) in [7, 11) is -5.76. The van der Waals surface area contributed by atoms with Crippen molar-refractivity contribution in [1.29, 1.82) is 0 Å². The molecule has 138 valence electrons. The third kappa shape index (κ3) is 7.70. The molecule has 0 N–H and O–H groups in total. The summed E-state index contributed by atoms with van der Waals surface area (Å²) in [6.45, 7) is 10.0. The quantitative estimate of drug-likeness (QED) is 0.319. The lowest BCUT2D eigenvalue weighted by molar-refractivity contribution is 0.0668. The fourth-order valence-corrected chi connectivity index (χ4v) is 3.07. The van der Waals surface area contributed by atoms with E-state index < -0.39 is 12.8 Å². The molecule has 0 atom stereocenters. The number of likely N-dealkylation sites (N-methyl/N-ethyl adjacent to an activating group) is 1. The van der Waals surface area contributed by atoms with Crippen LogP contribution >= 0.6 is 0 Å². The van der Waals surface area contributed by atoms with Crippen LogP contribution in [0.1, 0.15) is 38.1 Å². The lowest BCUT2D eigenvalue weighted by atomic mass is 9.91. The minimum Gasteiger partial charge on any atom is -0.418 e. The van der Waals surface area contributed by atoms with Crippen molar-refractivity contribution in [3.05, 3.63) is 29.8 Å². The molecule has 0 radical (unpaired) electrons. The second-order valence-corrected chi connectivity index (χ2v) is 8.00. The fraction of sp³-hybridized carbons (Fsp3) is 0.562. The molecule has 1 aromatic carbocycles. The van der Waals surface area contributed by atoms with Gasteiger partial charge in [-0.1, -0.05) is 13.8 Å². The van der Waals surface area contributed by atoms with Gasteiger partial charge < -0.3 is 17.3 Å². The molecule has 2 nitrogen and oxygen atoms in total. The van der Waals surface area contributed by atoms with Crippen LogP contribution in [0, 0.1) is 0 Å². The number of benzene rings is 1. The molecule has 0 saturated carbocycles. The molecule has 8 heteroatoms. The predicted octanol–water partition coefficient (Wildman–Crippen LogP) is 4.53. The normalized spacial score (nSPS) is 12.2. The molecule has 0 spiro atoms. The number of Topliss-reactive ketones (excluding diaryl/α,β-unsaturated/α-hetero) is 1. The first-order valence-corrected chi connectivity index (χ1v) is 9.73. The van der Waals surface area contributed by atoms with Gasteiger partial charge in [0.2, 0.25) is 0 Å². The van der Waals surface area contributed by atoms with E-state index in [0.717, 1.165) is 18.7 Å². The van der Waals surface area contributed by atoms with Crippen molar-refractivity contribution in [2.45, 2.75) is 38.1 Å². The maximum absolute atomic E-state index is 12.7. The molecule has 1 aromatic rings. The van der Waals surface area contributed by atoms with Gasteiger partial charge in [0.1, 0.15) is 12.5 Å². The molecule has 0 aliphatic carbocycles. The van der Waals surface area contributed by atoms with E-state index >= 15 is 0 Å². The number of rotatable bonds is 6. The Kier molecular flexibility index (Phi) is 9.06. The fourth-order valence-electron chi connectivity index (χ4n) is 2.39. The largest absolute Gasteiger partial charge is 0.673 e. The van der Waals surface area contributed by atoms with Crippen LogP contribution in [0.3, 0.4) is 0 Å². The molecular formula is C16H26BF4NOS. The third-order valence-electron chi connectivity index (χ3n) is 3.70. The molecule has 0 aliphatic heterocycles. The van der Waals surface area contributed by atoms with Crippen LogP contribution in [-0.4, -0.2) is 49.1 Å². The van der Waals surface area contributed by atoms with Crippen molar-refractivity contribution in [3.8, 4) is 0 Å². The van der Waals surface area contributed by atoms with Gasteiger partial charge in [-0.25, -0.2) is 0 Å². The Morgan fingerprint density at radius 3 is 1.71 bits per heavy atom. The zero-order chi connectivity index (χ0) is 19.1. The van der Waals surface area contributed by atoms with Crippen molar-refractivity contribution in [2.24, 2.45) is 0 Å². The van der Waals surface area contributed by atoms with E-state index in [2.05, 4.69) is 43.4 Å². The van der Waals surface area contributed by atoms with Crippen LogP contribution in [0.2, 0.25) is 0 Å². The first kappa shape index (κ1) is 23.0. The lowest BCUT2D eigenvalue weighted by Crippen LogP contribution is -2.49. The van der Waals surface area contributed by atoms with E-state index in [4.69, 9.17) is 0 Å². The van der Waals surface area contributed by atoms with Gasteiger partial charge >= 0.3 is 7.25 Å². The first-order chi connectivity index (χ1) is 10.8. The number of halogens is 4. The van der Waals surface area contributed by atoms with Gasteiger partial charge in [0.05, 0.1) is 5.54 Å². The SMILES string of the molecule is CCN(CC)C(C)(C)C(=O)c1ccc([S+](C)C)cc1.F[B-](F)(F)F. The number of carbonyl (C=O) groups is 1. The molecule has 0 fully saturated rings. The zero-order valence-electron chi connectivity index (χ0n) is 15.1. The van der Waals surface area contributed by atoms with Gasteiger partial charge in [-0.15, -0.1) is 0 Å². The average Bonchev–Trinajstić information content (AvgIpc) is 2.45. The lowest BCUT2D eigenvalue weighted by Gasteiger charge is -2.35. The topological polar surface area (TPSA) is 20.3 Å².